The van der Waals surface area contributed by atoms with Crippen LogP contribution in [0, 0.1) is 5.82 Å². The van der Waals surface area contributed by atoms with Gasteiger partial charge in [0.1, 0.15) is 5.82 Å². The average Bonchev–Trinajstić information content (AvgIpc) is 2.46. The summed E-state index contributed by atoms with van der Waals surface area (Å²) in [6.45, 7) is 3.09. The molecular weight excluding hydrogens is 257 g/mol. The predicted molar refractivity (Wildman–Crippen MR) is 80.0 cm³/mol. The van der Waals surface area contributed by atoms with E-state index in [4.69, 9.17) is 0 Å². The number of nitrogens with one attached hydrogen (secondary N) is 1. The van der Waals surface area contributed by atoms with Crippen molar-refractivity contribution in [3.63, 3.8) is 0 Å². The molecule has 2 rings (SSSR count). The van der Waals surface area contributed by atoms with Crippen molar-refractivity contribution in [1.82, 2.24) is 5.32 Å². The number of hydrogen-bond acceptors (Lipinski definition) is 2. The Bertz CT molecular complexity index is 484. The summed E-state index contributed by atoms with van der Waals surface area (Å²) < 4.78 is 12.7. The molecule has 0 aromatic heterocycles. The van der Waals surface area contributed by atoms with E-state index in [2.05, 4.69) is 36.5 Å². The van der Waals surface area contributed by atoms with Crippen LogP contribution >= 0.6 is 11.8 Å². The summed E-state index contributed by atoms with van der Waals surface area (Å²) in [6, 6.07) is 17.4. The van der Waals surface area contributed by atoms with Gasteiger partial charge in [0.2, 0.25) is 0 Å². The third-order valence-electron chi connectivity index (χ3n) is 2.93. The Morgan fingerprint density at radius 2 is 1.74 bits per heavy atom. The first-order chi connectivity index (χ1) is 9.25. The smallest absolute Gasteiger partial charge is 0.123 e. The van der Waals surface area contributed by atoms with Gasteiger partial charge in [0.25, 0.3) is 0 Å². The summed E-state index contributed by atoms with van der Waals surface area (Å²) in [4.78, 5) is 1.11. The lowest BCUT2D eigenvalue weighted by atomic mass is 10.1. The third kappa shape index (κ3) is 4.69. The summed E-state index contributed by atoms with van der Waals surface area (Å²) >= 11 is 1.74. The fourth-order valence-corrected chi connectivity index (χ4v) is 2.62. The number of hydrogen-bond donors (Lipinski definition) is 1. The molecule has 0 radical (unpaired) electrons. The molecule has 0 saturated carbocycles. The van der Waals surface area contributed by atoms with Crippen LogP contribution in [0.1, 0.15) is 18.5 Å². The molecule has 1 atom stereocenters. The summed E-state index contributed by atoms with van der Waals surface area (Å²) in [5.41, 5.74) is 1.30. The van der Waals surface area contributed by atoms with E-state index in [0.717, 1.165) is 17.2 Å². The molecule has 0 bridgehead atoms. The first-order valence-electron chi connectivity index (χ1n) is 6.42. The molecule has 0 saturated heterocycles. The van der Waals surface area contributed by atoms with Crippen molar-refractivity contribution in [2.24, 2.45) is 0 Å². The summed E-state index contributed by atoms with van der Waals surface area (Å²) in [7, 11) is 0. The number of benzene rings is 2. The first-order valence-corrected chi connectivity index (χ1v) is 7.41. The van der Waals surface area contributed by atoms with Crippen molar-refractivity contribution in [1.29, 1.82) is 0 Å². The second-order valence-corrected chi connectivity index (χ2v) is 5.56. The first kappa shape index (κ1) is 14.1. The van der Waals surface area contributed by atoms with Crippen LogP contribution in [0.2, 0.25) is 0 Å². The highest BCUT2D eigenvalue weighted by atomic mass is 32.2. The van der Waals surface area contributed by atoms with E-state index in [1.165, 1.54) is 17.7 Å². The van der Waals surface area contributed by atoms with E-state index in [0.29, 0.717) is 6.04 Å². The maximum atomic E-state index is 12.7. The van der Waals surface area contributed by atoms with E-state index in [1.54, 1.807) is 11.8 Å². The van der Waals surface area contributed by atoms with E-state index in [-0.39, 0.29) is 5.82 Å². The largest absolute Gasteiger partial charge is 0.309 e. The second-order valence-electron chi connectivity index (χ2n) is 4.39. The van der Waals surface area contributed by atoms with Gasteiger partial charge in [-0.25, -0.2) is 4.39 Å². The maximum absolute atomic E-state index is 12.7. The van der Waals surface area contributed by atoms with E-state index in [9.17, 15) is 4.39 Å². The number of halogens is 1. The van der Waals surface area contributed by atoms with Crippen molar-refractivity contribution >= 4 is 11.8 Å². The molecule has 0 heterocycles. The zero-order valence-corrected chi connectivity index (χ0v) is 11.8. The van der Waals surface area contributed by atoms with Gasteiger partial charge < -0.3 is 5.32 Å². The molecule has 2 aromatic rings. The Morgan fingerprint density at radius 3 is 2.42 bits per heavy atom. The Hall–Kier alpha value is -1.32. The third-order valence-corrected chi connectivity index (χ3v) is 3.95. The standard InChI is InChI=1S/C16H18FNS/c1-13(14-5-3-2-4-6-14)18-11-12-19-16-9-7-15(17)8-10-16/h2-10,13,18H,11-12H2,1H3. The topological polar surface area (TPSA) is 12.0 Å². The van der Waals surface area contributed by atoms with E-state index in [1.807, 2.05) is 18.2 Å². The van der Waals surface area contributed by atoms with Crippen molar-refractivity contribution in [2.75, 3.05) is 12.3 Å². The summed E-state index contributed by atoms with van der Waals surface area (Å²) in [5.74, 6) is 0.795. The predicted octanol–water partition coefficient (Wildman–Crippen LogP) is 4.27. The van der Waals surface area contributed by atoms with Gasteiger partial charge >= 0.3 is 0 Å². The fourth-order valence-electron chi connectivity index (χ4n) is 1.83. The van der Waals surface area contributed by atoms with E-state index < -0.39 is 0 Å². The van der Waals surface area contributed by atoms with Gasteiger partial charge in [-0.3, -0.25) is 0 Å². The Balaban J connectivity index is 1.71. The van der Waals surface area contributed by atoms with Crippen LogP contribution in [0.5, 0.6) is 0 Å². The molecule has 3 heteroatoms. The highest BCUT2D eigenvalue weighted by molar-refractivity contribution is 7.99. The highest BCUT2D eigenvalue weighted by Crippen LogP contribution is 2.18. The van der Waals surface area contributed by atoms with Crippen molar-refractivity contribution < 1.29 is 4.39 Å². The molecule has 0 spiro atoms. The molecule has 0 fully saturated rings. The maximum Gasteiger partial charge on any atom is 0.123 e. The quantitative estimate of drug-likeness (QED) is 0.624. The molecule has 100 valence electrons. The lowest BCUT2D eigenvalue weighted by Gasteiger charge is -2.13. The molecular formula is C16H18FNS. The van der Waals surface area contributed by atoms with Gasteiger partial charge in [-0.1, -0.05) is 30.3 Å². The molecule has 2 aromatic carbocycles. The number of thioether (sulfide) groups is 1. The monoisotopic (exact) mass is 275 g/mol. The zero-order valence-electron chi connectivity index (χ0n) is 11.0. The lowest BCUT2D eigenvalue weighted by molar-refractivity contribution is 0.601. The Morgan fingerprint density at radius 1 is 1.05 bits per heavy atom. The van der Waals surface area contributed by atoms with Crippen LogP contribution in [-0.4, -0.2) is 12.3 Å². The Kier molecular flexibility index (Phi) is 5.43. The minimum Gasteiger partial charge on any atom is -0.309 e. The minimum atomic E-state index is -0.180. The van der Waals surface area contributed by atoms with Gasteiger partial charge in [0.15, 0.2) is 0 Å². The minimum absolute atomic E-state index is 0.180. The van der Waals surface area contributed by atoms with Crippen molar-refractivity contribution in [3.8, 4) is 0 Å². The fraction of sp³-hybridized carbons (Fsp3) is 0.250. The highest BCUT2D eigenvalue weighted by Gasteiger charge is 2.03. The van der Waals surface area contributed by atoms with Crippen LogP contribution < -0.4 is 5.32 Å². The van der Waals surface area contributed by atoms with Crippen LogP contribution in [0.25, 0.3) is 0 Å². The molecule has 0 aliphatic heterocycles. The molecule has 0 aliphatic carbocycles. The molecule has 1 unspecified atom stereocenters. The summed E-state index contributed by atoms with van der Waals surface area (Å²) in [6.07, 6.45) is 0. The van der Waals surface area contributed by atoms with Gasteiger partial charge in [0.05, 0.1) is 0 Å². The molecule has 1 N–H and O–H groups in total. The van der Waals surface area contributed by atoms with Crippen LogP contribution in [0.15, 0.2) is 59.5 Å². The van der Waals surface area contributed by atoms with Crippen LogP contribution in [0.4, 0.5) is 4.39 Å². The molecule has 1 nitrogen and oxygen atoms in total. The normalized spacial score (nSPS) is 12.3. The van der Waals surface area contributed by atoms with Gasteiger partial charge in [-0.05, 0) is 36.8 Å². The van der Waals surface area contributed by atoms with Gasteiger partial charge in [-0.2, -0.15) is 0 Å². The average molecular weight is 275 g/mol. The summed E-state index contributed by atoms with van der Waals surface area (Å²) in [5, 5.41) is 3.49. The Labute approximate surface area is 118 Å². The van der Waals surface area contributed by atoms with Gasteiger partial charge in [-0.15, -0.1) is 11.8 Å². The SMILES string of the molecule is CC(NCCSc1ccc(F)cc1)c1ccccc1. The lowest BCUT2D eigenvalue weighted by Crippen LogP contribution is -2.21. The molecule has 0 aliphatic rings. The van der Waals surface area contributed by atoms with Crippen molar-refractivity contribution in [3.05, 3.63) is 66.0 Å². The van der Waals surface area contributed by atoms with E-state index >= 15 is 0 Å². The number of rotatable bonds is 6. The molecule has 0 amide bonds. The van der Waals surface area contributed by atoms with Crippen LogP contribution in [-0.2, 0) is 0 Å². The zero-order chi connectivity index (χ0) is 13.5. The van der Waals surface area contributed by atoms with Crippen molar-refractivity contribution in [2.45, 2.75) is 17.9 Å². The van der Waals surface area contributed by atoms with Gasteiger partial charge in [0, 0.05) is 23.2 Å². The second kappa shape index (κ2) is 7.31. The molecule has 19 heavy (non-hydrogen) atoms. The van der Waals surface area contributed by atoms with Crippen LogP contribution in [0.3, 0.4) is 0 Å².